The molecule has 2 aromatic carbocycles. The summed E-state index contributed by atoms with van der Waals surface area (Å²) in [4.78, 5) is 21.8. The first kappa shape index (κ1) is 18.7. The number of nitrogens with one attached hydrogen (secondary N) is 2. The number of carbonyl (C=O) groups excluding carboxylic acids is 1. The van der Waals surface area contributed by atoms with Crippen LogP contribution in [0.3, 0.4) is 0 Å². The molecule has 2 rings (SSSR count). The smallest absolute Gasteiger partial charge is 0.337 e. The summed E-state index contributed by atoms with van der Waals surface area (Å²) in [5.74, 6) is -2.64. The summed E-state index contributed by atoms with van der Waals surface area (Å²) >= 11 is 5.71. The maximum Gasteiger partial charge on any atom is 0.337 e. The van der Waals surface area contributed by atoms with Crippen molar-refractivity contribution in [2.75, 3.05) is 10.0 Å². The van der Waals surface area contributed by atoms with Crippen molar-refractivity contribution < 1.29 is 27.5 Å². The molecule has 3 N–H and O–H groups in total. The molecule has 0 saturated carbocycles. The standard InChI is InChI=1S/C15H12ClFN2O5S/c1-8(20)18-14-6-9(2-5-13(14)17)19-25(23,24)10-3-4-12(16)11(7-10)15(21)22/h2-7,19H,1H3,(H,18,20)(H,21,22). The minimum Gasteiger partial charge on any atom is -0.478 e. The van der Waals surface area contributed by atoms with Crippen LogP contribution in [0.25, 0.3) is 0 Å². The van der Waals surface area contributed by atoms with Gasteiger partial charge in [-0.15, -0.1) is 0 Å². The molecule has 0 radical (unpaired) electrons. The Morgan fingerprint density at radius 2 is 1.84 bits per heavy atom. The van der Waals surface area contributed by atoms with E-state index in [1.807, 2.05) is 0 Å². The summed E-state index contributed by atoms with van der Waals surface area (Å²) in [6, 6.07) is 6.43. The molecule has 0 unspecified atom stereocenters. The Balaban J connectivity index is 2.38. The predicted molar refractivity (Wildman–Crippen MR) is 89.9 cm³/mol. The summed E-state index contributed by atoms with van der Waals surface area (Å²) in [5, 5.41) is 11.1. The zero-order valence-corrected chi connectivity index (χ0v) is 14.3. The Morgan fingerprint density at radius 1 is 1.16 bits per heavy atom. The van der Waals surface area contributed by atoms with Gasteiger partial charge < -0.3 is 10.4 Å². The minimum atomic E-state index is -4.15. The van der Waals surface area contributed by atoms with Gasteiger partial charge in [0.2, 0.25) is 5.91 Å². The molecule has 0 aliphatic heterocycles. The number of rotatable bonds is 5. The Bertz CT molecular complexity index is 962. The molecule has 0 bridgehead atoms. The van der Waals surface area contributed by atoms with Crippen LogP contribution in [0.5, 0.6) is 0 Å². The third-order valence-corrected chi connectivity index (χ3v) is 4.72. The Kier molecular flexibility index (Phi) is 5.29. The van der Waals surface area contributed by atoms with Gasteiger partial charge >= 0.3 is 5.97 Å². The van der Waals surface area contributed by atoms with Gasteiger partial charge in [0.1, 0.15) is 5.82 Å². The van der Waals surface area contributed by atoms with E-state index < -0.39 is 27.7 Å². The van der Waals surface area contributed by atoms with E-state index in [4.69, 9.17) is 16.7 Å². The number of carboxylic acid groups (broad SMARTS) is 1. The summed E-state index contributed by atoms with van der Waals surface area (Å²) in [5.41, 5.74) is -0.588. The summed E-state index contributed by atoms with van der Waals surface area (Å²) < 4.78 is 40.5. The average molecular weight is 387 g/mol. The van der Waals surface area contributed by atoms with Crippen LogP contribution < -0.4 is 10.0 Å². The van der Waals surface area contributed by atoms with Gasteiger partial charge in [0.25, 0.3) is 10.0 Å². The predicted octanol–water partition coefficient (Wildman–Crippen LogP) is 2.94. The van der Waals surface area contributed by atoms with Crippen LogP contribution in [0.1, 0.15) is 17.3 Å². The van der Waals surface area contributed by atoms with E-state index in [1.165, 1.54) is 6.92 Å². The summed E-state index contributed by atoms with van der Waals surface area (Å²) in [7, 11) is -4.15. The lowest BCUT2D eigenvalue weighted by atomic mass is 10.2. The highest BCUT2D eigenvalue weighted by Gasteiger charge is 2.19. The first-order valence-electron chi connectivity index (χ1n) is 6.73. The number of halogens is 2. The Hall–Kier alpha value is -2.65. The van der Waals surface area contributed by atoms with Crippen LogP contribution in [0.2, 0.25) is 5.02 Å². The molecular formula is C15H12ClFN2O5S. The van der Waals surface area contributed by atoms with Crippen LogP contribution in [-0.2, 0) is 14.8 Å². The highest BCUT2D eigenvalue weighted by molar-refractivity contribution is 7.92. The lowest BCUT2D eigenvalue weighted by Gasteiger charge is -2.11. The Labute approximate surface area is 147 Å². The van der Waals surface area contributed by atoms with Crippen molar-refractivity contribution in [1.29, 1.82) is 0 Å². The second-order valence-electron chi connectivity index (χ2n) is 4.93. The van der Waals surface area contributed by atoms with Crippen molar-refractivity contribution in [1.82, 2.24) is 0 Å². The van der Waals surface area contributed by atoms with Gasteiger partial charge in [-0.1, -0.05) is 11.6 Å². The molecule has 132 valence electrons. The number of anilines is 2. The second kappa shape index (κ2) is 7.08. The van der Waals surface area contributed by atoms with Crippen molar-refractivity contribution in [3.63, 3.8) is 0 Å². The van der Waals surface area contributed by atoms with Crippen molar-refractivity contribution in [2.24, 2.45) is 0 Å². The van der Waals surface area contributed by atoms with Gasteiger partial charge in [-0.05, 0) is 36.4 Å². The van der Waals surface area contributed by atoms with E-state index in [-0.39, 0.29) is 26.9 Å². The Morgan fingerprint density at radius 3 is 2.44 bits per heavy atom. The number of carbonyl (C=O) groups is 2. The lowest BCUT2D eigenvalue weighted by molar-refractivity contribution is -0.114. The highest BCUT2D eigenvalue weighted by Crippen LogP contribution is 2.25. The molecule has 0 heterocycles. The molecule has 0 spiro atoms. The van der Waals surface area contributed by atoms with Crippen LogP contribution in [0.15, 0.2) is 41.3 Å². The largest absolute Gasteiger partial charge is 0.478 e. The van der Waals surface area contributed by atoms with E-state index in [0.717, 1.165) is 36.4 Å². The lowest BCUT2D eigenvalue weighted by Crippen LogP contribution is -2.15. The van der Waals surface area contributed by atoms with Gasteiger partial charge in [-0.2, -0.15) is 0 Å². The van der Waals surface area contributed by atoms with E-state index in [1.54, 1.807) is 0 Å². The number of hydrogen-bond acceptors (Lipinski definition) is 4. The second-order valence-corrected chi connectivity index (χ2v) is 7.02. The van der Waals surface area contributed by atoms with E-state index in [2.05, 4.69) is 10.0 Å². The quantitative estimate of drug-likeness (QED) is 0.731. The summed E-state index contributed by atoms with van der Waals surface area (Å²) in [6.45, 7) is 1.18. The third-order valence-electron chi connectivity index (χ3n) is 3.01. The molecule has 0 aliphatic carbocycles. The van der Waals surface area contributed by atoms with Crippen LogP contribution in [-0.4, -0.2) is 25.4 Å². The normalized spacial score (nSPS) is 11.0. The van der Waals surface area contributed by atoms with Gasteiger partial charge in [0.15, 0.2) is 0 Å². The molecule has 7 nitrogen and oxygen atoms in total. The van der Waals surface area contributed by atoms with Crippen LogP contribution in [0, 0.1) is 5.82 Å². The van der Waals surface area contributed by atoms with Crippen molar-refractivity contribution >= 4 is 44.9 Å². The third kappa shape index (κ3) is 4.46. The average Bonchev–Trinajstić information content (AvgIpc) is 2.49. The van der Waals surface area contributed by atoms with E-state index >= 15 is 0 Å². The fourth-order valence-corrected chi connectivity index (χ4v) is 3.20. The highest BCUT2D eigenvalue weighted by atomic mass is 35.5. The zero-order valence-electron chi connectivity index (χ0n) is 12.7. The van der Waals surface area contributed by atoms with E-state index in [0.29, 0.717) is 0 Å². The van der Waals surface area contributed by atoms with Gasteiger partial charge in [-0.25, -0.2) is 17.6 Å². The van der Waals surface area contributed by atoms with Crippen molar-refractivity contribution in [3.05, 3.63) is 52.8 Å². The molecule has 2 aromatic rings. The molecule has 0 fully saturated rings. The first-order valence-corrected chi connectivity index (χ1v) is 8.59. The van der Waals surface area contributed by atoms with Crippen LogP contribution in [0.4, 0.5) is 15.8 Å². The maximum absolute atomic E-state index is 13.6. The fourth-order valence-electron chi connectivity index (χ4n) is 1.92. The topological polar surface area (TPSA) is 113 Å². The van der Waals surface area contributed by atoms with Gasteiger partial charge in [-0.3, -0.25) is 9.52 Å². The van der Waals surface area contributed by atoms with Crippen LogP contribution >= 0.6 is 11.6 Å². The molecule has 25 heavy (non-hydrogen) atoms. The fraction of sp³-hybridized carbons (Fsp3) is 0.0667. The maximum atomic E-state index is 13.6. The molecular weight excluding hydrogens is 375 g/mol. The number of sulfonamides is 1. The summed E-state index contributed by atoms with van der Waals surface area (Å²) in [6.07, 6.45) is 0. The van der Waals surface area contributed by atoms with Gasteiger partial charge in [0.05, 0.1) is 26.9 Å². The monoisotopic (exact) mass is 386 g/mol. The van der Waals surface area contributed by atoms with Gasteiger partial charge in [0, 0.05) is 6.92 Å². The van der Waals surface area contributed by atoms with E-state index in [9.17, 15) is 22.4 Å². The van der Waals surface area contributed by atoms with Crippen molar-refractivity contribution in [2.45, 2.75) is 11.8 Å². The number of hydrogen-bond donors (Lipinski definition) is 3. The molecule has 0 aliphatic rings. The minimum absolute atomic E-state index is 0.0167. The number of benzene rings is 2. The number of aromatic carboxylic acids is 1. The first-order chi connectivity index (χ1) is 11.6. The zero-order chi connectivity index (χ0) is 18.8. The molecule has 10 heteroatoms. The number of carboxylic acids is 1. The molecule has 0 saturated heterocycles. The molecule has 0 aromatic heterocycles. The number of amides is 1. The molecule has 1 amide bonds. The molecule has 0 atom stereocenters. The van der Waals surface area contributed by atoms with Crippen molar-refractivity contribution in [3.8, 4) is 0 Å². The SMILES string of the molecule is CC(=O)Nc1cc(NS(=O)(=O)c2ccc(Cl)c(C(=O)O)c2)ccc1F.